The molecule has 0 saturated carbocycles. The van der Waals surface area contributed by atoms with E-state index in [-0.39, 0.29) is 0 Å². The molecule has 0 bridgehead atoms. The van der Waals surface area contributed by atoms with E-state index in [1.165, 1.54) is 32.1 Å². The van der Waals surface area contributed by atoms with Crippen molar-refractivity contribution in [1.29, 1.82) is 0 Å². The molecular weight excluding hydrogens is 256 g/mol. The van der Waals surface area contributed by atoms with Gasteiger partial charge < -0.3 is 11.1 Å². The zero-order valence-corrected chi connectivity index (χ0v) is 12.7. The van der Waals surface area contributed by atoms with Gasteiger partial charge >= 0.3 is 0 Å². The van der Waals surface area contributed by atoms with Crippen LogP contribution in [-0.2, 0) is 0 Å². The number of thiocarbonyl (C=S) groups is 1. The maximum Gasteiger partial charge on any atom is 0.223 e. The van der Waals surface area contributed by atoms with Crippen molar-refractivity contribution < 1.29 is 0 Å². The van der Waals surface area contributed by atoms with E-state index in [2.05, 4.69) is 22.2 Å². The molecule has 0 amide bonds. The second-order valence-corrected chi connectivity index (χ2v) is 5.22. The van der Waals surface area contributed by atoms with Gasteiger partial charge in [-0.3, -0.25) is 0 Å². The van der Waals surface area contributed by atoms with Crippen molar-refractivity contribution >= 4 is 23.2 Å². The van der Waals surface area contributed by atoms with Crippen LogP contribution in [0.2, 0.25) is 0 Å². The first-order valence-corrected chi connectivity index (χ1v) is 7.43. The standard InChI is InChI=1S/C14H24N4S/c1-3-4-5-6-7-8-9-16-14-17-11(2)10-12(18-14)13(15)19/h10H,3-9H2,1-2H3,(H2,15,19)(H,16,17,18). The van der Waals surface area contributed by atoms with Crippen molar-refractivity contribution in [2.45, 2.75) is 52.4 Å². The summed E-state index contributed by atoms with van der Waals surface area (Å²) < 4.78 is 0. The smallest absolute Gasteiger partial charge is 0.223 e. The average molecular weight is 280 g/mol. The first-order valence-electron chi connectivity index (χ1n) is 7.03. The first kappa shape index (κ1) is 15.8. The van der Waals surface area contributed by atoms with Crippen LogP contribution in [0.15, 0.2) is 6.07 Å². The summed E-state index contributed by atoms with van der Waals surface area (Å²) in [6.07, 6.45) is 7.67. The lowest BCUT2D eigenvalue weighted by molar-refractivity contribution is 0.616. The van der Waals surface area contributed by atoms with E-state index in [4.69, 9.17) is 18.0 Å². The van der Waals surface area contributed by atoms with Crippen LogP contribution in [0.1, 0.15) is 56.8 Å². The Morgan fingerprint density at radius 2 is 1.89 bits per heavy atom. The Bertz CT molecular complexity index is 406. The van der Waals surface area contributed by atoms with E-state index >= 15 is 0 Å². The Balaban J connectivity index is 2.31. The molecule has 0 saturated heterocycles. The van der Waals surface area contributed by atoms with Crippen LogP contribution in [0.25, 0.3) is 0 Å². The second-order valence-electron chi connectivity index (χ2n) is 4.78. The Morgan fingerprint density at radius 1 is 1.21 bits per heavy atom. The number of aromatic nitrogens is 2. The maximum absolute atomic E-state index is 5.59. The predicted octanol–water partition coefficient (Wildman–Crippen LogP) is 3.19. The van der Waals surface area contributed by atoms with Gasteiger partial charge in [-0.25, -0.2) is 9.97 Å². The van der Waals surface area contributed by atoms with Gasteiger partial charge in [0.05, 0.1) is 0 Å². The van der Waals surface area contributed by atoms with Gasteiger partial charge in [-0.1, -0.05) is 51.2 Å². The molecule has 0 aliphatic heterocycles. The number of nitrogens with zero attached hydrogens (tertiary/aromatic N) is 2. The number of unbranched alkanes of at least 4 members (excludes halogenated alkanes) is 5. The van der Waals surface area contributed by atoms with Crippen molar-refractivity contribution in [3.05, 3.63) is 17.5 Å². The van der Waals surface area contributed by atoms with Gasteiger partial charge in [-0.15, -0.1) is 0 Å². The molecule has 0 unspecified atom stereocenters. The molecule has 19 heavy (non-hydrogen) atoms. The van der Waals surface area contributed by atoms with Crippen molar-refractivity contribution in [3.63, 3.8) is 0 Å². The highest BCUT2D eigenvalue weighted by atomic mass is 32.1. The fourth-order valence-electron chi connectivity index (χ4n) is 1.88. The fraction of sp³-hybridized carbons (Fsp3) is 0.643. The van der Waals surface area contributed by atoms with E-state index in [9.17, 15) is 0 Å². The van der Waals surface area contributed by atoms with Gasteiger partial charge in [0.1, 0.15) is 10.7 Å². The lowest BCUT2D eigenvalue weighted by atomic mass is 10.1. The lowest BCUT2D eigenvalue weighted by Gasteiger charge is -2.07. The monoisotopic (exact) mass is 280 g/mol. The summed E-state index contributed by atoms with van der Waals surface area (Å²) in [4.78, 5) is 8.93. The summed E-state index contributed by atoms with van der Waals surface area (Å²) in [5.41, 5.74) is 7.10. The van der Waals surface area contributed by atoms with Crippen molar-refractivity contribution in [1.82, 2.24) is 9.97 Å². The molecule has 0 aliphatic carbocycles. The van der Waals surface area contributed by atoms with Crippen LogP contribution in [0.3, 0.4) is 0 Å². The Hall–Kier alpha value is -1.23. The molecule has 3 N–H and O–H groups in total. The molecule has 106 valence electrons. The minimum absolute atomic E-state index is 0.313. The summed E-state index contributed by atoms with van der Waals surface area (Å²) >= 11 is 4.94. The summed E-state index contributed by atoms with van der Waals surface area (Å²) in [7, 11) is 0. The minimum atomic E-state index is 0.313. The summed E-state index contributed by atoms with van der Waals surface area (Å²) in [5.74, 6) is 0.622. The van der Waals surface area contributed by atoms with Crippen LogP contribution in [0, 0.1) is 6.92 Å². The first-order chi connectivity index (χ1) is 9.13. The van der Waals surface area contributed by atoms with E-state index in [0.717, 1.165) is 18.7 Å². The van der Waals surface area contributed by atoms with Crippen molar-refractivity contribution in [3.8, 4) is 0 Å². The summed E-state index contributed by atoms with van der Waals surface area (Å²) in [5, 5.41) is 3.23. The molecule has 0 atom stereocenters. The molecule has 0 aliphatic rings. The number of aryl methyl sites for hydroxylation is 1. The third-order valence-corrected chi connectivity index (χ3v) is 3.13. The van der Waals surface area contributed by atoms with Gasteiger partial charge in [0.25, 0.3) is 0 Å². The summed E-state index contributed by atoms with van der Waals surface area (Å²) in [6.45, 7) is 5.04. The molecule has 0 aromatic carbocycles. The minimum Gasteiger partial charge on any atom is -0.388 e. The molecule has 1 aromatic heterocycles. The SMILES string of the molecule is CCCCCCCCNc1nc(C)cc(C(N)=S)n1. The van der Waals surface area contributed by atoms with Crippen LogP contribution in [-0.4, -0.2) is 21.5 Å². The number of nitrogens with two attached hydrogens (primary N) is 1. The predicted molar refractivity (Wildman–Crippen MR) is 84.5 cm³/mol. The number of hydrogen-bond donors (Lipinski definition) is 2. The van der Waals surface area contributed by atoms with Crippen LogP contribution < -0.4 is 11.1 Å². The molecule has 1 heterocycles. The zero-order valence-electron chi connectivity index (χ0n) is 11.9. The highest BCUT2D eigenvalue weighted by Crippen LogP contribution is 2.07. The third-order valence-electron chi connectivity index (χ3n) is 2.92. The number of hydrogen-bond acceptors (Lipinski definition) is 4. The molecule has 0 spiro atoms. The van der Waals surface area contributed by atoms with Gasteiger partial charge in [0.15, 0.2) is 0 Å². The summed E-state index contributed by atoms with van der Waals surface area (Å²) in [6, 6.07) is 1.80. The van der Waals surface area contributed by atoms with Crippen LogP contribution >= 0.6 is 12.2 Å². The topological polar surface area (TPSA) is 63.8 Å². The molecular formula is C14H24N4S. The van der Waals surface area contributed by atoms with Gasteiger partial charge in [-0.2, -0.15) is 0 Å². The maximum atomic E-state index is 5.59. The molecule has 5 heteroatoms. The number of nitrogens with one attached hydrogen (secondary N) is 1. The fourth-order valence-corrected chi connectivity index (χ4v) is 1.98. The molecule has 1 rings (SSSR count). The van der Waals surface area contributed by atoms with Crippen molar-refractivity contribution in [2.75, 3.05) is 11.9 Å². The molecule has 0 fully saturated rings. The van der Waals surface area contributed by atoms with Gasteiger partial charge in [0, 0.05) is 12.2 Å². The van der Waals surface area contributed by atoms with Gasteiger partial charge in [-0.05, 0) is 19.4 Å². The van der Waals surface area contributed by atoms with E-state index in [1.54, 1.807) is 6.07 Å². The quantitative estimate of drug-likeness (QED) is 0.537. The zero-order chi connectivity index (χ0) is 14.1. The second kappa shape index (κ2) is 8.80. The highest BCUT2D eigenvalue weighted by Gasteiger charge is 2.03. The average Bonchev–Trinajstić information content (AvgIpc) is 2.37. The lowest BCUT2D eigenvalue weighted by Crippen LogP contribution is -2.15. The van der Waals surface area contributed by atoms with E-state index < -0.39 is 0 Å². The molecule has 0 radical (unpaired) electrons. The number of anilines is 1. The van der Waals surface area contributed by atoms with Crippen LogP contribution in [0.5, 0.6) is 0 Å². The molecule has 4 nitrogen and oxygen atoms in total. The Labute approximate surface area is 121 Å². The van der Waals surface area contributed by atoms with Crippen LogP contribution in [0.4, 0.5) is 5.95 Å². The normalized spacial score (nSPS) is 10.4. The largest absolute Gasteiger partial charge is 0.388 e. The van der Waals surface area contributed by atoms with E-state index in [0.29, 0.717) is 16.6 Å². The molecule has 1 aromatic rings. The van der Waals surface area contributed by atoms with Gasteiger partial charge in [0.2, 0.25) is 5.95 Å². The Kier molecular flexibility index (Phi) is 7.33. The number of rotatable bonds is 9. The Morgan fingerprint density at radius 3 is 2.58 bits per heavy atom. The third kappa shape index (κ3) is 6.47. The highest BCUT2D eigenvalue weighted by molar-refractivity contribution is 7.80. The van der Waals surface area contributed by atoms with E-state index in [1.807, 2.05) is 6.92 Å². The van der Waals surface area contributed by atoms with Crippen molar-refractivity contribution in [2.24, 2.45) is 5.73 Å².